The molecule has 1 aromatic carbocycles. The van der Waals surface area contributed by atoms with Crippen LogP contribution in [0.5, 0.6) is 0 Å². The summed E-state index contributed by atoms with van der Waals surface area (Å²) in [6.45, 7) is 12.2. The number of nitrogens with zero attached hydrogens (tertiary/aromatic N) is 1. The molecule has 22 heavy (non-hydrogen) atoms. The van der Waals surface area contributed by atoms with E-state index in [1.807, 2.05) is 0 Å². The average Bonchev–Trinajstić information content (AvgIpc) is 2.85. The van der Waals surface area contributed by atoms with Gasteiger partial charge in [-0.05, 0) is 36.7 Å². The van der Waals surface area contributed by atoms with Gasteiger partial charge in [0.1, 0.15) is 5.82 Å². The molecule has 0 spiro atoms. The molecule has 1 heterocycles. The zero-order valence-electron chi connectivity index (χ0n) is 14.1. The van der Waals surface area contributed by atoms with Crippen molar-refractivity contribution in [1.82, 2.24) is 4.90 Å². The maximum Gasteiger partial charge on any atom is 0.256 e. The zero-order chi connectivity index (χ0) is 16.5. The summed E-state index contributed by atoms with van der Waals surface area (Å²) in [5, 5.41) is 0.149. The lowest BCUT2D eigenvalue weighted by atomic mass is 10.2. The molecule has 1 amide bonds. The highest BCUT2D eigenvalue weighted by Crippen LogP contribution is 2.38. The minimum absolute atomic E-state index is 0.0663. The predicted octanol–water partition coefficient (Wildman–Crippen LogP) is 4.06. The van der Waals surface area contributed by atoms with Crippen LogP contribution in [0.3, 0.4) is 0 Å². The maximum absolute atomic E-state index is 13.7. The van der Waals surface area contributed by atoms with E-state index in [2.05, 4.69) is 33.9 Å². The van der Waals surface area contributed by atoms with Gasteiger partial charge < -0.3 is 9.33 Å². The molecule has 0 N–H and O–H groups in total. The number of rotatable bonds is 3. The summed E-state index contributed by atoms with van der Waals surface area (Å²) in [6.07, 6.45) is 0.892. The van der Waals surface area contributed by atoms with E-state index in [0.29, 0.717) is 13.1 Å². The van der Waals surface area contributed by atoms with Crippen molar-refractivity contribution in [3.63, 3.8) is 0 Å². The topological polar surface area (TPSA) is 29.5 Å². The lowest BCUT2D eigenvalue weighted by Crippen LogP contribution is -2.44. The standard InChI is InChI=1S/C17H26FNO2Si/c1-17(2,3)22(4,5)21-13-10-11-19(12-13)16(20)14-8-6-7-9-15(14)18/h6-9,13H,10-12H2,1-5H3. The fourth-order valence-corrected chi connectivity index (χ4v) is 3.79. The van der Waals surface area contributed by atoms with Gasteiger partial charge in [0, 0.05) is 13.1 Å². The van der Waals surface area contributed by atoms with Crippen molar-refractivity contribution in [3.05, 3.63) is 35.6 Å². The Bertz CT molecular complexity index is 554. The highest BCUT2D eigenvalue weighted by molar-refractivity contribution is 6.74. The fraction of sp³-hybridized carbons (Fsp3) is 0.588. The highest BCUT2D eigenvalue weighted by Gasteiger charge is 2.41. The number of hydrogen-bond donors (Lipinski definition) is 0. The number of benzene rings is 1. The lowest BCUT2D eigenvalue weighted by molar-refractivity contribution is 0.0764. The third-order valence-corrected chi connectivity index (χ3v) is 9.34. The van der Waals surface area contributed by atoms with Gasteiger partial charge >= 0.3 is 0 Å². The van der Waals surface area contributed by atoms with Crippen molar-refractivity contribution >= 4 is 14.2 Å². The van der Waals surface area contributed by atoms with Crippen LogP contribution in [0, 0.1) is 5.82 Å². The number of halogens is 1. The Labute approximate surface area is 133 Å². The first-order valence-electron chi connectivity index (χ1n) is 7.83. The van der Waals surface area contributed by atoms with Gasteiger partial charge in [-0.25, -0.2) is 4.39 Å². The van der Waals surface area contributed by atoms with Crippen LogP contribution in [0.2, 0.25) is 18.1 Å². The van der Waals surface area contributed by atoms with E-state index in [-0.39, 0.29) is 22.6 Å². The molecule has 1 saturated heterocycles. The van der Waals surface area contributed by atoms with Gasteiger partial charge in [0.05, 0.1) is 11.7 Å². The molecule has 1 aliphatic heterocycles. The Kier molecular flexibility index (Phi) is 4.78. The van der Waals surface area contributed by atoms with Crippen LogP contribution in [0.15, 0.2) is 24.3 Å². The average molecular weight is 323 g/mol. The molecule has 0 saturated carbocycles. The smallest absolute Gasteiger partial charge is 0.256 e. The van der Waals surface area contributed by atoms with E-state index in [9.17, 15) is 9.18 Å². The molecule has 0 bridgehead atoms. The minimum atomic E-state index is -1.84. The zero-order valence-corrected chi connectivity index (χ0v) is 15.1. The SMILES string of the molecule is CC(C)(C)[Si](C)(C)OC1CCN(C(=O)c2ccccc2F)C1. The molecule has 1 atom stereocenters. The Morgan fingerprint density at radius 1 is 1.32 bits per heavy atom. The highest BCUT2D eigenvalue weighted by atomic mass is 28.4. The number of carbonyl (C=O) groups is 1. The van der Waals surface area contributed by atoms with Gasteiger partial charge in [0.2, 0.25) is 0 Å². The molecule has 1 unspecified atom stereocenters. The van der Waals surface area contributed by atoms with Crippen LogP contribution in [0.1, 0.15) is 37.6 Å². The third-order valence-electron chi connectivity index (χ3n) is 4.80. The summed E-state index contributed by atoms with van der Waals surface area (Å²) < 4.78 is 20.1. The van der Waals surface area contributed by atoms with E-state index in [0.717, 1.165) is 6.42 Å². The van der Waals surface area contributed by atoms with Crippen molar-refractivity contribution in [1.29, 1.82) is 0 Å². The maximum atomic E-state index is 13.7. The fourth-order valence-electron chi connectivity index (χ4n) is 2.41. The van der Waals surface area contributed by atoms with Crippen molar-refractivity contribution in [2.24, 2.45) is 0 Å². The van der Waals surface area contributed by atoms with Gasteiger partial charge in [-0.3, -0.25) is 4.79 Å². The number of hydrogen-bond acceptors (Lipinski definition) is 2. The molecule has 5 heteroatoms. The molecule has 1 fully saturated rings. The number of likely N-dealkylation sites (tertiary alicyclic amines) is 1. The molecule has 0 aromatic heterocycles. The summed E-state index contributed by atoms with van der Waals surface area (Å²) in [6, 6.07) is 6.15. The van der Waals surface area contributed by atoms with Crippen molar-refractivity contribution in [3.8, 4) is 0 Å². The Morgan fingerprint density at radius 3 is 2.55 bits per heavy atom. The quantitative estimate of drug-likeness (QED) is 0.785. The summed E-state index contributed by atoms with van der Waals surface area (Å²) in [4.78, 5) is 14.1. The molecule has 1 aromatic rings. The Balaban J connectivity index is 2.02. The minimum Gasteiger partial charge on any atom is -0.412 e. The predicted molar refractivity (Wildman–Crippen MR) is 89.0 cm³/mol. The van der Waals surface area contributed by atoms with Crippen LogP contribution < -0.4 is 0 Å². The summed E-state index contributed by atoms with van der Waals surface area (Å²) in [7, 11) is -1.84. The molecular weight excluding hydrogens is 297 g/mol. The Hall–Kier alpha value is -1.20. The van der Waals surface area contributed by atoms with Gasteiger partial charge in [-0.15, -0.1) is 0 Å². The molecule has 0 aliphatic carbocycles. The van der Waals surface area contributed by atoms with Crippen molar-refractivity contribution < 1.29 is 13.6 Å². The third kappa shape index (κ3) is 3.58. The second-order valence-electron chi connectivity index (χ2n) is 7.52. The van der Waals surface area contributed by atoms with Crippen LogP contribution in [-0.4, -0.2) is 38.3 Å². The monoisotopic (exact) mass is 323 g/mol. The van der Waals surface area contributed by atoms with Crippen molar-refractivity contribution in [2.45, 2.75) is 51.4 Å². The van der Waals surface area contributed by atoms with E-state index in [1.165, 1.54) is 6.07 Å². The van der Waals surface area contributed by atoms with E-state index >= 15 is 0 Å². The van der Waals surface area contributed by atoms with Crippen LogP contribution in [0.25, 0.3) is 0 Å². The normalized spacial score (nSPS) is 19.5. The summed E-state index contributed by atoms with van der Waals surface area (Å²) in [5.41, 5.74) is 0.149. The van der Waals surface area contributed by atoms with E-state index in [4.69, 9.17) is 4.43 Å². The molecule has 2 rings (SSSR count). The molecule has 1 aliphatic rings. The Morgan fingerprint density at radius 2 is 1.95 bits per heavy atom. The van der Waals surface area contributed by atoms with Gasteiger partial charge in [0.15, 0.2) is 8.32 Å². The molecule has 122 valence electrons. The second kappa shape index (κ2) is 6.12. The molecule has 3 nitrogen and oxygen atoms in total. The van der Waals surface area contributed by atoms with Gasteiger partial charge in [-0.1, -0.05) is 32.9 Å². The van der Waals surface area contributed by atoms with Crippen LogP contribution in [-0.2, 0) is 4.43 Å². The molecular formula is C17H26FNO2Si. The van der Waals surface area contributed by atoms with Crippen LogP contribution in [0.4, 0.5) is 4.39 Å². The van der Waals surface area contributed by atoms with Gasteiger partial charge in [-0.2, -0.15) is 0 Å². The van der Waals surface area contributed by atoms with E-state index < -0.39 is 14.1 Å². The second-order valence-corrected chi connectivity index (χ2v) is 12.3. The molecule has 0 radical (unpaired) electrons. The summed E-state index contributed by atoms with van der Waals surface area (Å²) in [5.74, 6) is -0.694. The number of carbonyl (C=O) groups excluding carboxylic acids is 1. The van der Waals surface area contributed by atoms with Crippen LogP contribution >= 0.6 is 0 Å². The van der Waals surface area contributed by atoms with Crippen molar-refractivity contribution in [2.75, 3.05) is 13.1 Å². The number of amides is 1. The first-order valence-corrected chi connectivity index (χ1v) is 10.7. The first kappa shape index (κ1) is 17.2. The lowest BCUT2D eigenvalue weighted by Gasteiger charge is -2.38. The summed E-state index contributed by atoms with van der Waals surface area (Å²) >= 11 is 0. The van der Waals surface area contributed by atoms with Gasteiger partial charge in [0.25, 0.3) is 5.91 Å². The largest absolute Gasteiger partial charge is 0.412 e. The first-order chi connectivity index (χ1) is 10.1. The van der Waals surface area contributed by atoms with E-state index in [1.54, 1.807) is 23.1 Å².